The molecule has 0 saturated heterocycles. The molecule has 110 valence electrons. The predicted molar refractivity (Wildman–Crippen MR) is 78.5 cm³/mol. The molecule has 0 spiro atoms. The molecule has 6 heteroatoms. The lowest BCUT2D eigenvalue weighted by Crippen LogP contribution is -2.23. The zero-order chi connectivity index (χ0) is 15.4. The third-order valence-electron chi connectivity index (χ3n) is 2.93. The van der Waals surface area contributed by atoms with Crippen LogP contribution in [-0.4, -0.2) is 13.0 Å². The summed E-state index contributed by atoms with van der Waals surface area (Å²) >= 11 is 5.87. The summed E-state index contributed by atoms with van der Waals surface area (Å²) in [6, 6.07) is 8.37. The number of carbonyl (C=O) groups is 1. The van der Waals surface area contributed by atoms with E-state index in [1.54, 1.807) is 19.2 Å². The van der Waals surface area contributed by atoms with E-state index in [0.29, 0.717) is 21.8 Å². The van der Waals surface area contributed by atoms with Crippen LogP contribution in [0, 0.1) is 11.6 Å². The molecule has 21 heavy (non-hydrogen) atoms. The largest absolute Gasteiger partial charge is 0.387 e. The maximum atomic E-state index is 13.1. The van der Waals surface area contributed by atoms with E-state index in [4.69, 9.17) is 11.6 Å². The minimum Gasteiger partial charge on any atom is -0.387 e. The van der Waals surface area contributed by atoms with Gasteiger partial charge in [-0.25, -0.2) is 8.78 Å². The van der Waals surface area contributed by atoms with E-state index >= 15 is 0 Å². The van der Waals surface area contributed by atoms with Gasteiger partial charge in [0.05, 0.1) is 5.56 Å². The first-order valence-corrected chi connectivity index (χ1v) is 6.58. The SMILES string of the molecule is CNc1ccc(Cl)cc1C(=O)NCc1ccc(F)c(F)c1. The minimum atomic E-state index is -0.944. The van der Waals surface area contributed by atoms with Crippen LogP contribution in [0.4, 0.5) is 14.5 Å². The molecule has 0 unspecified atom stereocenters. The molecule has 0 heterocycles. The Bertz CT molecular complexity index is 677. The maximum Gasteiger partial charge on any atom is 0.253 e. The third kappa shape index (κ3) is 3.70. The van der Waals surface area contributed by atoms with E-state index in [1.165, 1.54) is 12.1 Å². The second kappa shape index (κ2) is 6.54. The Labute approximate surface area is 125 Å². The lowest BCUT2D eigenvalue weighted by molar-refractivity contribution is 0.0951. The molecule has 1 amide bonds. The number of rotatable bonds is 4. The van der Waals surface area contributed by atoms with Gasteiger partial charge in [0.15, 0.2) is 11.6 Å². The van der Waals surface area contributed by atoms with Gasteiger partial charge in [-0.15, -0.1) is 0 Å². The van der Waals surface area contributed by atoms with E-state index in [9.17, 15) is 13.6 Å². The fourth-order valence-corrected chi connectivity index (χ4v) is 2.02. The summed E-state index contributed by atoms with van der Waals surface area (Å²) in [5.74, 6) is -2.22. The fraction of sp³-hybridized carbons (Fsp3) is 0.133. The zero-order valence-corrected chi connectivity index (χ0v) is 12.0. The van der Waals surface area contributed by atoms with Crippen molar-refractivity contribution >= 4 is 23.2 Å². The Morgan fingerprint density at radius 2 is 1.90 bits per heavy atom. The van der Waals surface area contributed by atoms with Gasteiger partial charge in [-0.3, -0.25) is 4.79 Å². The van der Waals surface area contributed by atoms with Crippen LogP contribution < -0.4 is 10.6 Å². The average molecular weight is 311 g/mol. The van der Waals surface area contributed by atoms with Crippen LogP contribution >= 0.6 is 11.6 Å². The molecule has 2 rings (SSSR count). The molecule has 3 nitrogen and oxygen atoms in total. The topological polar surface area (TPSA) is 41.1 Å². The van der Waals surface area contributed by atoms with Gasteiger partial charge in [0.25, 0.3) is 5.91 Å². The second-order valence-corrected chi connectivity index (χ2v) is 4.81. The number of hydrogen-bond donors (Lipinski definition) is 2. The first-order valence-electron chi connectivity index (χ1n) is 6.20. The molecule has 0 atom stereocenters. The molecule has 2 aromatic rings. The molecule has 0 aliphatic heterocycles. The van der Waals surface area contributed by atoms with Crippen molar-refractivity contribution in [2.75, 3.05) is 12.4 Å². The Balaban J connectivity index is 2.11. The highest BCUT2D eigenvalue weighted by Gasteiger charge is 2.11. The lowest BCUT2D eigenvalue weighted by atomic mass is 10.1. The highest BCUT2D eigenvalue weighted by molar-refractivity contribution is 6.31. The van der Waals surface area contributed by atoms with Gasteiger partial charge >= 0.3 is 0 Å². The molecule has 0 aliphatic carbocycles. The van der Waals surface area contributed by atoms with Crippen molar-refractivity contribution in [3.8, 4) is 0 Å². The van der Waals surface area contributed by atoms with Crippen molar-refractivity contribution in [3.05, 3.63) is 64.2 Å². The number of hydrogen-bond acceptors (Lipinski definition) is 2. The average Bonchev–Trinajstić information content (AvgIpc) is 2.48. The summed E-state index contributed by atoms with van der Waals surface area (Å²) in [5, 5.41) is 5.96. The summed E-state index contributed by atoms with van der Waals surface area (Å²) in [6.45, 7) is 0.0890. The van der Waals surface area contributed by atoms with Crippen LogP contribution in [-0.2, 0) is 6.54 Å². The van der Waals surface area contributed by atoms with Gasteiger partial charge in [0.2, 0.25) is 0 Å². The van der Waals surface area contributed by atoms with Gasteiger partial charge in [-0.2, -0.15) is 0 Å². The van der Waals surface area contributed by atoms with Crippen molar-refractivity contribution < 1.29 is 13.6 Å². The van der Waals surface area contributed by atoms with Crippen molar-refractivity contribution in [1.82, 2.24) is 5.32 Å². The summed E-state index contributed by atoms with van der Waals surface area (Å²) in [7, 11) is 1.69. The van der Waals surface area contributed by atoms with E-state index < -0.39 is 11.6 Å². The molecule has 0 fully saturated rings. The Kier molecular flexibility index (Phi) is 4.75. The van der Waals surface area contributed by atoms with Gasteiger partial charge < -0.3 is 10.6 Å². The van der Waals surface area contributed by atoms with E-state index in [2.05, 4.69) is 10.6 Å². The Hall–Kier alpha value is -2.14. The highest BCUT2D eigenvalue weighted by atomic mass is 35.5. The van der Waals surface area contributed by atoms with Crippen LogP contribution in [0.2, 0.25) is 5.02 Å². The minimum absolute atomic E-state index is 0.0890. The summed E-state index contributed by atoms with van der Waals surface area (Å²) in [5.41, 5.74) is 1.48. The molecule has 0 saturated carbocycles. The number of carbonyl (C=O) groups excluding carboxylic acids is 1. The highest BCUT2D eigenvalue weighted by Crippen LogP contribution is 2.20. The van der Waals surface area contributed by atoms with E-state index in [0.717, 1.165) is 12.1 Å². The maximum absolute atomic E-state index is 13.1. The Morgan fingerprint density at radius 3 is 2.57 bits per heavy atom. The monoisotopic (exact) mass is 310 g/mol. The first-order chi connectivity index (χ1) is 10.0. The number of amides is 1. The number of benzene rings is 2. The van der Waals surface area contributed by atoms with Crippen LogP contribution in [0.1, 0.15) is 15.9 Å². The zero-order valence-electron chi connectivity index (χ0n) is 11.2. The molecule has 2 N–H and O–H groups in total. The predicted octanol–water partition coefficient (Wildman–Crippen LogP) is 3.59. The van der Waals surface area contributed by atoms with Crippen LogP contribution in [0.3, 0.4) is 0 Å². The van der Waals surface area contributed by atoms with Gasteiger partial charge in [0, 0.05) is 24.3 Å². The molecule has 0 radical (unpaired) electrons. The van der Waals surface area contributed by atoms with E-state index in [1.807, 2.05) is 0 Å². The van der Waals surface area contributed by atoms with Crippen molar-refractivity contribution in [2.45, 2.75) is 6.54 Å². The summed E-state index contributed by atoms with van der Waals surface area (Å²) in [6.07, 6.45) is 0. The first kappa shape index (κ1) is 15.3. The second-order valence-electron chi connectivity index (χ2n) is 4.37. The molecule has 0 aliphatic rings. The number of anilines is 1. The Morgan fingerprint density at radius 1 is 1.14 bits per heavy atom. The molecule has 0 bridgehead atoms. The molecular weight excluding hydrogens is 298 g/mol. The number of halogens is 3. The van der Waals surface area contributed by atoms with Crippen molar-refractivity contribution in [2.24, 2.45) is 0 Å². The summed E-state index contributed by atoms with van der Waals surface area (Å²) < 4.78 is 25.9. The van der Waals surface area contributed by atoms with Crippen molar-refractivity contribution in [1.29, 1.82) is 0 Å². The number of nitrogens with one attached hydrogen (secondary N) is 2. The molecular formula is C15H13ClF2N2O. The van der Waals surface area contributed by atoms with Gasteiger partial charge in [-0.1, -0.05) is 17.7 Å². The fourth-order valence-electron chi connectivity index (χ4n) is 1.85. The van der Waals surface area contributed by atoms with Gasteiger partial charge in [-0.05, 0) is 35.9 Å². The van der Waals surface area contributed by atoms with E-state index in [-0.39, 0.29) is 12.5 Å². The van der Waals surface area contributed by atoms with Crippen LogP contribution in [0.5, 0.6) is 0 Å². The molecule has 2 aromatic carbocycles. The smallest absolute Gasteiger partial charge is 0.253 e. The van der Waals surface area contributed by atoms with Crippen molar-refractivity contribution in [3.63, 3.8) is 0 Å². The lowest BCUT2D eigenvalue weighted by Gasteiger charge is -2.10. The van der Waals surface area contributed by atoms with Gasteiger partial charge in [0.1, 0.15) is 0 Å². The third-order valence-corrected chi connectivity index (χ3v) is 3.17. The van der Waals surface area contributed by atoms with Crippen LogP contribution in [0.25, 0.3) is 0 Å². The normalized spacial score (nSPS) is 10.3. The standard InChI is InChI=1S/C15H13ClF2N2O/c1-19-14-5-3-10(16)7-11(14)15(21)20-8-9-2-4-12(17)13(18)6-9/h2-7,19H,8H2,1H3,(H,20,21). The molecule has 0 aromatic heterocycles. The quantitative estimate of drug-likeness (QED) is 0.906. The van der Waals surface area contributed by atoms with Crippen LogP contribution in [0.15, 0.2) is 36.4 Å². The summed E-state index contributed by atoms with van der Waals surface area (Å²) in [4.78, 5) is 12.1.